The third-order valence-electron chi connectivity index (χ3n) is 4.50. The molecule has 0 unspecified atom stereocenters. The molecule has 2 aromatic heterocycles. The van der Waals surface area contributed by atoms with E-state index in [4.69, 9.17) is 11.6 Å². The molecule has 6 nitrogen and oxygen atoms in total. The summed E-state index contributed by atoms with van der Waals surface area (Å²) < 4.78 is 2.03. The highest BCUT2D eigenvalue weighted by atomic mass is 35.5. The summed E-state index contributed by atoms with van der Waals surface area (Å²) in [5, 5.41) is 13.1. The summed E-state index contributed by atoms with van der Waals surface area (Å²) in [5.74, 6) is 1.44. The number of hydrogen-bond acceptors (Lipinski definition) is 6. The van der Waals surface area contributed by atoms with Crippen LogP contribution in [0.5, 0.6) is 0 Å². The van der Waals surface area contributed by atoms with Crippen molar-refractivity contribution < 1.29 is 4.79 Å². The summed E-state index contributed by atoms with van der Waals surface area (Å²) >= 11 is 9.15. The van der Waals surface area contributed by atoms with Crippen LogP contribution in [-0.4, -0.2) is 44.7 Å². The molecule has 2 aromatic carbocycles. The van der Waals surface area contributed by atoms with Crippen molar-refractivity contribution in [3.05, 3.63) is 75.7 Å². The Labute approximate surface area is 193 Å². The van der Waals surface area contributed by atoms with Crippen LogP contribution in [0.15, 0.2) is 65.1 Å². The van der Waals surface area contributed by atoms with Crippen LogP contribution in [0, 0.1) is 0 Å². The van der Waals surface area contributed by atoms with Gasteiger partial charge in [-0.1, -0.05) is 53.7 Å². The minimum absolute atomic E-state index is 0.0449. The minimum atomic E-state index is 0.0449. The number of aromatic nitrogens is 4. The lowest BCUT2D eigenvalue weighted by atomic mass is 10.2. The Morgan fingerprint density at radius 2 is 1.84 bits per heavy atom. The molecule has 0 bridgehead atoms. The van der Waals surface area contributed by atoms with Gasteiger partial charge in [-0.05, 0) is 24.3 Å². The topological polar surface area (TPSA) is 63.9 Å². The van der Waals surface area contributed by atoms with Gasteiger partial charge >= 0.3 is 0 Å². The van der Waals surface area contributed by atoms with E-state index in [1.807, 2.05) is 64.5 Å². The van der Waals surface area contributed by atoms with Crippen molar-refractivity contribution >= 4 is 40.6 Å². The zero-order chi connectivity index (χ0) is 21.8. The summed E-state index contributed by atoms with van der Waals surface area (Å²) in [5.41, 5.74) is 2.84. The summed E-state index contributed by atoms with van der Waals surface area (Å²) in [6, 6.07) is 17.6. The molecule has 0 aliphatic carbocycles. The molecule has 0 N–H and O–H groups in total. The second-order valence-electron chi connectivity index (χ2n) is 6.97. The number of carbonyl (C=O) groups is 1. The summed E-state index contributed by atoms with van der Waals surface area (Å²) in [7, 11) is 3.50. The Hall–Kier alpha value is -2.68. The molecule has 0 fully saturated rings. The van der Waals surface area contributed by atoms with E-state index in [0.717, 1.165) is 32.9 Å². The van der Waals surface area contributed by atoms with Gasteiger partial charge in [-0.3, -0.25) is 9.36 Å². The molecule has 1 amide bonds. The van der Waals surface area contributed by atoms with Crippen LogP contribution in [0.2, 0.25) is 5.02 Å². The van der Waals surface area contributed by atoms with Crippen molar-refractivity contribution in [2.75, 3.05) is 14.1 Å². The van der Waals surface area contributed by atoms with Gasteiger partial charge in [0.1, 0.15) is 5.01 Å². The fourth-order valence-electron chi connectivity index (χ4n) is 2.88. The second-order valence-corrected chi connectivity index (χ2v) is 9.29. The zero-order valence-electron chi connectivity index (χ0n) is 17.0. The molecular weight excluding hydrogens is 450 g/mol. The predicted octanol–water partition coefficient (Wildman–Crippen LogP) is 4.97. The third-order valence-corrected chi connectivity index (χ3v) is 6.61. The lowest BCUT2D eigenvalue weighted by Gasteiger charge is -2.10. The van der Waals surface area contributed by atoms with Crippen LogP contribution in [0.1, 0.15) is 10.7 Å². The number of nitrogens with zero attached hydrogens (tertiary/aromatic N) is 5. The summed E-state index contributed by atoms with van der Waals surface area (Å²) in [6.07, 6.45) is 0.321. The molecule has 0 spiro atoms. The van der Waals surface area contributed by atoms with Crippen molar-refractivity contribution in [1.82, 2.24) is 24.6 Å². The maximum atomic E-state index is 11.9. The van der Waals surface area contributed by atoms with Gasteiger partial charge in [-0.2, -0.15) is 0 Å². The number of thioether (sulfide) groups is 1. The summed E-state index contributed by atoms with van der Waals surface area (Å²) in [4.78, 5) is 18.1. The summed E-state index contributed by atoms with van der Waals surface area (Å²) in [6.45, 7) is 0. The van der Waals surface area contributed by atoms with Gasteiger partial charge in [0, 0.05) is 41.5 Å². The van der Waals surface area contributed by atoms with Gasteiger partial charge in [0.15, 0.2) is 11.0 Å². The van der Waals surface area contributed by atoms with Gasteiger partial charge in [0.05, 0.1) is 12.1 Å². The molecule has 0 radical (unpaired) electrons. The quantitative estimate of drug-likeness (QED) is 0.358. The molecule has 31 heavy (non-hydrogen) atoms. The van der Waals surface area contributed by atoms with E-state index in [9.17, 15) is 4.79 Å². The minimum Gasteiger partial charge on any atom is -0.348 e. The average molecular weight is 470 g/mol. The Kier molecular flexibility index (Phi) is 6.70. The monoisotopic (exact) mass is 469 g/mol. The number of amides is 1. The third kappa shape index (κ3) is 5.15. The molecule has 4 rings (SSSR count). The van der Waals surface area contributed by atoms with Crippen molar-refractivity contribution in [2.45, 2.75) is 17.3 Å². The molecule has 158 valence electrons. The smallest absolute Gasteiger partial charge is 0.228 e. The molecule has 0 aliphatic rings. The predicted molar refractivity (Wildman–Crippen MR) is 126 cm³/mol. The number of halogens is 1. The second kappa shape index (κ2) is 9.64. The van der Waals surface area contributed by atoms with Crippen LogP contribution >= 0.6 is 34.7 Å². The number of benzene rings is 2. The first-order valence-corrected chi connectivity index (χ1v) is 11.8. The Balaban J connectivity index is 1.59. The van der Waals surface area contributed by atoms with E-state index in [-0.39, 0.29) is 5.91 Å². The highest BCUT2D eigenvalue weighted by Gasteiger charge is 2.17. The Morgan fingerprint density at radius 1 is 1.10 bits per heavy atom. The lowest BCUT2D eigenvalue weighted by molar-refractivity contribution is -0.127. The van der Waals surface area contributed by atoms with E-state index >= 15 is 0 Å². The highest BCUT2D eigenvalue weighted by Crippen LogP contribution is 2.30. The molecule has 9 heteroatoms. The first-order valence-electron chi connectivity index (χ1n) is 9.54. The van der Waals surface area contributed by atoms with Crippen LogP contribution in [0.3, 0.4) is 0 Å². The molecule has 0 saturated carbocycles. The maximum absolute atomic E-state index is 11.9. The number of hydrogen-bond donors (Lipinski definition) is 0. The number of rotatable bonds is 7. The number of likely N-dealkylation sites (N-methyl/N-ethyl adjacent to an activating group) is 1. The molecule has 2 heterocycles. The van der Waals surface area contributed by atoms with Gasteiger partial charge in [-0.15, -0.1) is 21.5 Å². The molecular formula is C22H20ClN5OS2. The van der Waals surface area contributed by atoms with E-state index in [1.54, 1.807) is 30.8 Å². The number of carbonyl (C=O) groups excluding carboxylic acids is 1. The van der Waals surface area contributed by atoms with Gasteiger partial charge < -0.3 is 4.90 Å². The standard InChI is InChI=1S/C22H20ClN5OS2/c1-27(2)20(29)12-19-24-17(13-30-19)14-31-22-26-25-21(15-6-4-3-5-7-15)28(22)18-10-8-16(23)9-11-18/h3-11,13H,12,14H2,1-2H3. The SMILES string of the molecule is CN(C)C(=O)Cc1nc(CSc2nnc(-c3ccccc3)n2-c2ccc(Cl)cc2)cs1. The van der Waals surface area contributed by atoms with Crippen molar-refractivity contribution in [3.8, 4) is 17.1 Å². The van der Waals surface area contributed by atoms with Gasteiger partial charge in [-0.25, -0.2) is 4.98 Å². The zero-order valence-corrected chi connectivity index (χ0v) is 19.4. The van der Waals surface area contributed by atoms with Crippen LogP contribution < -0.4 is 0 Å². The average Bonchev–Trinajstić information content (AvgIpc) is 3.40. The van der Waals surface area contributed by atoms with Crippen molar-refractivity contribution in [2.24, 2.45) is 0 Å². The van der Waals surface area contributed by atoms with E-state index in [2.05, 4.69) is 15.2 Å². The normalized spacial score (nSPS) is 10.9. The highest BCUT2D eigenvalue weighted by molar-refractivity contribution is 7.98. The molecule has 0 saturated heterocycles. The lowest BCUT2D eigenvalue weighted by Crippen LogP contribution is -2.23. The fraction of sp³-hybridized carbons (Fsp3) is 0.182. The van der Waals surface area contributed by atoms with E-state index in [1.165, 1.54) is 11.3 Å². The van der Waals surface area contributed by atoms with Crippen molar-refractivity contribution in [1.29, 1.82) is 0 Å². The fourth-order valence-corrected chi connectivity index (χ4v) is 4.74. The van der Waals surface area contributed by atoms with Crippen LogP contribution in [0.25, 0.3) is 17.1 Å². The van der Waals surface area contributed by atoms with Crippen LogP contribution in [0.4, 0.5) is 0 Å². The maximum Gasteiger partial charge on any atom is 0.228 e. The van der Waals surface area contributed by atoms with Crippen molar-refractivity contribution in [3.63, 3.8) is 0 Å². The first kappa shape index (κ1) is 21.5. The molecule has 0 atom stereocenters. The molecule has 4 aromatic rings. The Morgan fingerprint density at radius 3 is 2.55 bits per heavy atom. The molecule has 0 aliphatic heterocycles. The van der Waals surface area contributed by atoms with Crippen LogP contribution in [-0.2, 0) is 17.0 Å². The van der Waals surface area contributed by atoms with Gasteiger partial charge in [0.2, 0.25) is 5.91 Å². The first-order chi connectivity index (χ1) is 15.0. The van der Waals surface area contributed by atoms with E-state index in [0.29, 0.717) is 17.2 Å². The Bertz CT molecular complexity index is 1170. The largest absolute Gasteiger partial charge is 0.348 e. The van der Waals surface area contributed by atoms with E-state index < -0.39 is 0 Å². The number of thiazole rings is 1. The van der Waals surface area contributed by atoms with Gasteiger partial charge in [0.25, 0.3) is 0 Å².